The van der Waals surface area contributed by atoms with Crippen LogP contribution in [0.25, 0.3) is 6.08 Å². The van der Waals surface area contributed by atoms with Gasteiger partial charge in [-0.05, 0) is 55.3 Å². The first-order valence-corrected chi connectivity index (χ1v) is 7.45. The van der Waals surface area contributed by atoms with Crippen molar-refractivity contribution in [2.24, 2.45) is 0 Å². The maximum atomic E-state index is 12.1. The van der Waals surface area contributed by atoms with E-state index >= 15 is 0 Å². The fourth-order valence-electron chi connectivity index (χ4n) is 2.60. The minimum Gasteiger partial charge on any atom is -0.401 e. The summed E-state index contributed by atoms with van der Waals surface area (Å²) in [6.45, 7) is 2.12. The summed E-state index contributed by atoms with van der Waals surface area (Å²) in [5.41, 5.74) is 1.70. The third kappa shape index (κ3) is 3.48. The number of nitrogens with zero attached hydrogens (tertiary/aromatic N) is 2. The largest absolute Gasteiger partial charge is 0.433 e. The van der Waals surface area contributed by atoms with Crippen LogP contribution in [0.2, 0.25) is 0 Å². The maximum Gasteiger partial charge on any atom is 0.433 e. The molecule has 118 valence electrons. The molecule has 6 heteroatoms. The summed E-state index contributed by atoms with van der Waals surface area (Å²) in [6, 6.07) is 10.2. The van der Waals surface area contributed by atoms with Gasteiger partial charge < -0.3 is 9.32 Å². The van der Waals surface area contributed by atoms with Gasteiger partial charge in [-0.15, -0.1) is 0 Å². The number of ketones is 1. The first kappa shape index (κ1) is 15.0. The third-order valence-corrected chi connectivity index (χ3v) is 3.81. The Hall–Kier alpha value is -2.89. The highest BCUT2D eigenvalue weighted by atomic mass is 16.6. The number of hydrogen-bond acceptors (Lipinski definition) is 5. The van der Waals surface area contributed by atoms with E-state index in [4.69, 9.17) is 4.42 Å². The maximum absolute atomic E-state index is 12.1. The van der Waals surface area contributed by atoms with Gasteiger partial charge in [0, 0.05) is 24.3 Å². The van der Waals surface area contributed by atoms with Crippen molar-refractivity contribution in [1.29, 1.82) is 0 Å². The predicted octanol–water partition coefficient (Wildman–Crippen LogP) is 3.68. The number of carbonyl (C=O) groups is 1. The summed E-state index contributed by atoms with van der Waals surface area (Å²) in [7, 11) is 0. The molecule has 1 aliphatic heterocycles. The standard InChI is InChI=1S/C17H16N2O4/c20-16(9-7-15-8-10-17(23-15)19(21)22)13-3-5-14(6-4-13)18-11-1-2-12-18/h3-10H,1-2,11-12H2/b9-7+. The second kappa shape index (κ2) is 6.48. The van der Waals surface area contributed by atoms with E-state index in [0.29, 0.717) is 5.56 Å². The Balaban J connectivity index is 1.67. The molecule has 3 rings (SSSR count). The zero-order chi connectivity index (χ0) is 16.2. The van der Waals surface area contributed by atoms with Gasteiger partial charge in [-0.25, -0.2) is 0 Å². The van der Waals surface area contributed by atoms with Gasteiger partial charge in [-0.1, -0.05) is 0 Å². The number of furan rings is 1. The molecule has 0 bridgehead atoms. The van der Waals surface area contributed by atoms with E-state index in [-0.39, 0.29) is 17.4 Å². The zero-order valence-corrected chi connectivity index (χ0v) is 12.5. The molecule has 0 atom stereocenters. The molecule has 2 aromatic rings. The number of anilines is 1. The molecular weight excluding hydrogens is 296 g/mol. The van der Waals surface area contributed by atoms with Crippen molar-refractivity contribution < 1.29 is 14.1 Å². The SMILES string of the molecule is O=C(/C=C/c1ccc([N+](=O)[O-])o1)c1ccc(N2CCCC2)cc1. The Morgan fingerprint density at radius 1 is 1.13 bits per heavy atom. The van der Waals surface area contributed by atoms with Crippen molar-refractivity contribution in [2.75, 3.05) is 18.0 Å². The van der Waals surface area contributed by atoms with Crippen molar-refractivity contribution in [1.82, 2.24) is 0 Å². The van der Waals surface area contributed by atoms with Crippen LogP contribution in [0.3, 0.4) is 0 Å². The van der Waals surface area contributed by atoms with Crippen LogP contribution in [0.1, 0.15) is 29.0 Å². The summed E-state index contributed by atoms with van der Waals surface area (Å²) in [5.74, 6) is -0.233. The van der Waals surface area contributed by atoms with Crippen LogP contribution in [0.4, 0.5) is 11.6 Å². The van der Waals surface area contributed by atoms with Crippen LogP contribution in [0.5, 0.6) is 0 Å². The summed E-state index contributed by atoms with van der Waals surface area (Å²) >= 11 is 0. The molecule has 0 radical (unpaired) electrons. The number of allylic oxidation sites excluding steroid dienone is 1. The summed E-state index contributed by atoms with van der Waals surface area (Å²) in [4.78, 5) is 24.3. The molecule has 1 aromatic heterocycles. The Morgan fingerprint density at radius 3 is 2.43 bits per heavy atom. The van der Waals surface area contributed by atoms with E-state index in [0.717, 1.165) is 18.8 Å². The fraction of sp³-hybridized carbons (Fsp3) is 0.235. The second-order valence-corrected chi connectivity index (χ2v) is 5.37. The molecule has 0 unspecified atom stereocenters. The highest BCUT2D eigenvalue weighted by Gasteiger charge is 2.13. The van der Waals surface area contributed by atoms with E-state index in [9.17, 15) is 14.9 Å². The Bertz CT molecular complexity index is 740. The topological polar surface area (TPSA) is 76.6 Å². The van der Waals surface area contributed by atoms with E-state index < -0.39 is 4.92 Å². The number of nitro groups is 1. The van der Waals surface area contributed by atoms with Crippen molar-refractivity contribution in [3.8, 4) is 0 Å². The molecule has 23 heavy (non-hydrogen) atoms. The quantitative estimate of drug-likeness (QED) is 0.364. The van der Waals surface area contributed by atoms with Gasteiger partial charge in [-0.2, -0.15) is 0 Å². The number of benzene rings is 1. The van der Waals surface area contributed by atoms with Gasteiger partial charge in [0.2, 0.25) is 0 Å². The van der Waals surface area contributed by atoms with Crippen molar-refractivity contribution >= 4 is 23.4 Å². The zero-order valence-electron chi connectivity index (χ0n) is 12.5. The first-order valence-electron chi connectivity index (χ1n) is 7.45. The molecule has 0 saturated carbocycles. The van der Waals surface area contributed by atoms with Crippen LogP contribution in [-0.2, 0) is 0 Å². The lowest BCUT2D eigenvalue weighted by molar-refractivity contribution is -0.402. The van der Waals surface area contributed by atoms with Gasteiger partial charge in [-0.3, -0.25) is 14.9 Å². The average molecular weight is 312 g/mol. The van der Waals surface area contributed by atoms with Crippen LogP contribution in [0, 0.1) is 10.1 Å². The second-order valence-electron chi connectivity index (χ2n) is 5.37. The van der Waals surface area contributed by atoms with Crippen molar-refractivity contribution in [3.05, 3.63) is 63.9 Å². The minimum atomic E-state index is -0.615. The molecule has 1 aliphatic rings. The molecule has 0 amide bonds. The number of hydrogen-bond donors (Lipinski definition) is 0. The molecule has 1 saturated heterocycles. The van der Waals surface area contributed by atoms with E-state index in [2.05, 4.69) is 4.90 Å². The van der Waals surface area contributed by atoms with E-state index in [1.807, 2.05) is 12.1 Å². The van der Waals surface area contributed by atoms with E-state index in [1.54, 1.807) is 12.1 Å². The molecule has 1 fully saturated rings. The number of rotatable bonds is 5. The third-order valence-electron chi connectivity index (χ3n) is 3.81. The molecule has 0 spiro atoms. The highest BCUT2D eigenvalue weighted by molar-refractivity contribution is 6.06. The lowest BCUT2D eigenvalue weighted by Crippen LogP contribution is -2.17. The van der Waals surface area contributed by atoms with Crippen molar-refractivity contribution in [3.63, 3.8) is 0 Å². The smallest absolute Gasteiger partial charge is 0.401 e. The summed E-state index contributed by atoms with van der Waals surface area (Å²) in [5, 5.41) is 10.5. The predicted molar refractivity (Wildman–Crippen MR) is 86.6 cm³/mol. The number of carbonyl (C=O) groups excluding carboxylic acids is 1. The lowest BCUT2D eigenvalue weighted by Gasteiger charge is -2.17. The molecule has 0 aliphatic carbocycles. The molecule has 1 aromatic carbocycles. The highest BCUT2D eigenvalue weighted by Crippen LogP contribution is 2.21. The average Bonchev–Trinajstić information content (AvgIpc) is 3.24. The van der Waals surface area contributed by atoms with Crippen LogP contribution in [0.15, 0.2) is 46.9 Å². The van der Waals surface area contributed by atoms with Crippen LogP contribution < -0.4 is 4.90 Å². The molecule has 0 N–H and O–H groups in total. The minimum absolute atomic E-state index is 0.169. The van der Waals surface area contributed by atoms with Gasteiger partial charge in [0.05, 0.1) is 6.07 Å². The van der Waals surface area contributed by atoms with Crippen LogP contribution >= 0.6 is 0 Å². The molecular formula is C17H16N2O4. The Labute approximate surface area is 133 Å². The van der Waals surface area contributed by atoms with Crippen molar-refractivity contribution in [2.45, 2.75) is 12.8 Å². The van der Waals surface area contributed by atoms with Crippen LogP contribution in [-0.4, -0.2) is 23.8 Å². The normalized spacial score (nSPS) is 14.5. The Morgan fingerprint density at radius 2 is 1.83 bits per heavy atom. The molecule has 2 heterocycles. The van der Waals surface area contributed by atoms with Gasteiger partial charge in [0.1, 0.15) is 10.7 Å². The monoisotopic (exact) mass is 312 g/mol. The van der Waals surface area contributed by atoms with Gasteiger partial charge in [0.15, 0.2) is 5.78 Å². The Kier molecular flexibility index (Phi) is 4.23. The summed E-state index contributed by atoms with van der Waals surface area (Å²) in [6.07, 6.45) is 5.20. The van der Waals surface area contributed by atoms with E-state index in [1.165, 1.54) is 37.1 Å². The lowest BCUT2D eigenvalue weighted by atomic mass is 10.1. The molecule has 6 nitrogen and oxygen atoms in total. The fourth-order valence-corrected chi connectivity index (χ4v) is 2.60. The summed E-state index contributed by atoms with van der Waals surface area (Å²) < 4.78 is 4.97. The van der Waals surface area contributed by atoms with Gasteiger partial charge in [0.25, 0.3) is 0 Å². The van der Waals surface area contributed by atoms with Gasteiger partial charge >= 0.3 is 5.88 Å². The first-order chi connectivity index (χ1) is 11.1.